The fraction of sp³-hybridized carbons (Fsp3) is 0.571. The van der Waals surface area contributed by atoms with Gasteiger partial charge < -0.3 is 20.3 Å². The van der Waals surface area contributed by atoms with Crippen LogP contribution in [0.15, 0.2) is 24.3 Å². The number of likely N-dealkylation sites (N-methyl/N-ethyl adjacent to an activating group) is 1. The Balaban J connectivity index is 1.93. The maximum atomic E-state index is 12.8. The van der Waals surface area contributed by atoms with Gasteiger partial charge >= 0.3 is 0 Å². The molecule has 3 N–H and O–H groups in total. The molecule has 28 heavy (non-hydrogen) atoms. The van der Waals surface area contributed by atoms with Crippen molar-refractivity contribution in [2.75, 3.05) is 25.5 Å². The molecule has 2 atom stereocenters. The van der Waals surface area contributed by atoms with Gasteiger partial charge in [0.25, 0.3) is 11.8 Å². The Kier molecular flexibility index (Phi) is 7.82. The van der Waals surface area contributed by atoms with Crippen molar-refractivity contribution in [2.45, 2.75) is 57.5 Å². The molecule has 0 aromatic heterocycles. The fourth-order valence-corrected chi connectivity index (χ4v) is 3.62. The average Bonchev–Trinajstić information content (AvgIpc) is 2.72. The molecule has 7 nitrogen and oxygen atoms in total. The molecule has 0 aliphatic heterocycles. The van der Waals surface area contributed by atoms with E-state index in [1.807, 2.05) is 13.8 Å². The molecule has 152 valence electrons. The van der Waals surface area contributed by atoms with Gasteiger partial charge in [0.15, 0.2) is 12.6 Å². The summed E-state index contributed by atoms with van der Waals surface area (Å²) in [5, 5.41) is 15.4. The molecule has 7 heteroatoms. The van der Waals surface area contributed by atoms with Gasteiger partial charge in [-0.1, -0.05) is 19.3 Å². The third kappa shape index (κ3) is 5.70. The second kappa shape index (κ2) is 10.1. The van der Waals surface area contributed by atoms with Gasteiger partial charge in [0, 0.05) is 5.69 Å². The van der Waals surface area contributed by atoms with Crippen molar-refractivity contribution in [3.8, 4) is 11.8 Å². The Morgan fingerprint density at radius 3 is 2.43 bits per heavy atom. The van der Waals surface area contributed by atoms with E-state index in [1.165, 1.54) is 0 Å². The predicted molar refractivity (Wildman–Crippen MR) is 107 cm³/mol. The standard InChI is InChI=1S/C21H30N4O3/c1-4-25(14-19(26)23-17-8-10-18(28-3)11-9-17)16(2)20(27)24-21(15-22)12-6-5-7-13-21/h8-11,16H,4-7,12-14H2,1-3H3,(H,23,26)(H,24,27)/p+1/t16-/m0/s1. The lowest BCUT2D eigenvalue weighted by Gasteiger charge is -2.33. The number of nitriles is 1. The second-order valence-corrected chi connectivity index (χ2v) is 7.43. The molecule has 2 amide bonds. The molecule has 1 unspecified atom stereocenters. The third-order valence-corrected chi connectivity index (χ3v) is 5.50. The van der Waals surface area contributed by atoms with E-state index in [0.717, 1.165) is 29.9 Å². The van der Waals surface area contributed by atoms with E-state index in [0.29, 0.717) is 25.1 Å². The number of quaternary nitrogens is 1. The zero-order valence-corrected chi connectivity index (χ0v) is 17.0. The number of hydrogen-bond acceptors (Lipinski definition) is 4. The summed E-state index contributed by atoms with van der Waals surface area (Å²) >= 11 is 0. The van der Waals surface area contributed by atoms with E-state index in [1.54, 1.807) is 31.4 Å². The van der Waals surface area contributed by atoms with Gasteiger partial charge in [-0.2, -0.15) is 5.26 Å². The lowest BCUT2D eigenvalue weighted by Crippen LogP contribution is -3.17. The number of amides is 2. The van der Waals surface area contributed by atoms with Gasteiger partial charge in [0.2, 0.25) is 0 Å². The molecule has 1 saturated carbocycles. The van der Waals surface area contributed by atoms with E-state index in [2.05, 4.69) is 16.7 Å². The Morgan fingerprint density at radius 2 is 1.89 bits per heavy atom. The minimum atomic E-state index is -0.756. The van der Waals surface area contributed by atoms with Crippen molar-refractivity contribution >= 4 is 17.5 Å². The predicted octanol–water partition coefficient (Wildman–Crippen LogP) is 1.27. The van der Waals surface area contributed by atoms with Gasteiger partial charge in [0.1, 0.15) is 11.3 Å². The summed E-state index contributed by atoms with van der Waals surface area (Å²) in [6.07, 6.45) is 4.41. The summed E-state index contributed by atoms with van der Waals surface area (Å²) in [5.74, 6) is 0.394. The van der Waals surface area contributed by atoms with Crippen molar-refractivity contribution < 1.29 is 19.2 Å². The quantitative estimate of drug-likeness (QED) is 0.626. The van der Waals surface area contributed by atoms with Crippen molar-refractivity contribution in [3.63, 3.8) is 0 Å². The molecule has 1 aromatic carbocycles. The van der Waals surface area contributed by atoms with Gasteiger partial charge in [0.05, 0.1) is 19.7 Å². The first-order valence-corrected chi connectivity index (χ1v) is 9.95. The molecule has 1 aliphatic rings. The lowest BCUT2D eigenvalue weighted by atomic mass is 9.82. The Morgan fingerprint density at radius 1 is 1.25 bits per heavy atom. The first-order chi connectivity index (χ1) is 13.4. The Labute approximate surface area is 167 Å². The van der Waals surface area contributed by atoms with Crippen LogP contribution < -0.4 is 20.3 Å². The fourth-order valence-electron chi connectivity index (χ4n) is 3.62. The van der Waals surface area contributed by atoms with Crippen LogP contribution in [-0.4, -0.2) is 43.6 Å². The number of nitrogens with zero attached hydrogens (tertiary/aromatic N) is 1. The number of anilines is 1. The monoisotopic (exact) mass is 387 g/mol. The zero-order chi connectivity index (χ0) is 20.6. The van der Waals surface area contributed by atoms with Crippen LogP contribution in [0.25, 0.3) is 0 Å². The summed E-state index contributed by atoms with van der Waals surface area (Å²) in [6, 6.07) is 9.01. The molecular formula is C21H31N4O3+. The number of methoxy groups -OCH3 is 1. The molecule has 0 spiro atoms. The number of benzene rings is 1. The number of nitrogens with one attached hydrogen (secondary N) is 3. The normalized spacial score (nSPS) is 17.6. The first-order valence-electron chi connectivity index (χ1n) is 9.95. The van der Waals surface area contributed by atoms with Crippen molar-refractivity contribution in [3.05, 3.63) is 24.3 Å². The Hall–Kier alpha value is -2.59. The van der Waals surface area contributed by atoms with E-state index >= 15 is 0 Å². The average molecular weight is 388 g/mol. The summed E-state index contributed by atoms with van der Waals surface area (Å²) in [4.78, 5) is 26.0. The van der Waals surface area contributed by atoms with Crippen LogP contribution in [0.5, 0.6) is 5.75 Å². The molecule has 0 bridgehead atoms. The highest BCUT2D eigenvalue weighted by molar-refractivity contribution is 5.91. The number of ether oxygens (including phenoxy) is 1. The van der Waals surface area contributed by atoms with Crippen LogP contribution in [0.2, 0.25) is 0 Å². The van der Waals surface area contributed by atoms with Gasteiger partial charge in [-0.05, 0) is 51.0 Å². The van der Waals surface area contributed by atoms with Crippen LogP contribution >= 0.6 is 0 Å². The third-order valence-electron chi connectivity index (χ3n) is 5.50. The lowest BCUT2D eigenvalue weighted by molar-refractivity contribution is -0.904. The van der Waals surface area contributed by atoms with Crippen LogP contribution in [-0.2, 0) is 9.59 Å². The van der Waals surface area contributed by atoms with Gasteiger partial charge in [-0.25, -0.2) is 0 Å². The van der Waals surface area contributed by atoms with E-state index in [9.17, 15) is 14.9 Å². The molecule has 0 radical (unpaired) electrons. The van der Waals surface area contributed by atoms with Gasteiger partial charge in [-0.3, -0.25) is 9.59 Å². The minimum Gasteiger partial charge on any atom is -0.497 e. The van der Waals surface area contributed by atoms with Crippen molar-refractivity contribution in [1.82, 2.24) is 5.32 Å². The maximum absolute atomic E-state index is 12.8. The van der Waals surface area contributed by atoms with Crippen molar-refractivity contribution in [2.24, 2.45) is 0 Å². The highest BCUT2D eigenvalue weighted by Crippen LogP contribution is 2.27. The number of carbonyl (C=O) groups is 2. The maximum Gasteiger partial charge on any atom is 0.279 e. The molecule has 2 rings (SSSR count). The zero-order valence-electron chi connectivity index (χ0n) is 17.0. The summed E-state index contributed by atoms with van der Waals surface area (Å²) in [5.41, 5.74) is -0.0719. The molecule has 1 fully saturated rings. The number of hydrogen-bond donors (Lipinski definition) is 3. The Bertz CT molecular complexity index is 705. The van der Waals surface area contributed by atoms with Crippen LogP contribution in [0.1, 0.15) is 46.0 Å². The number of carbonyl (C=O) groups excluding carboxylic acids is 2. The first kappa shape index (κ1) is 21.7. The van der Waals surface area contributed by atoms with E-state index < -0.39 is 11.6 Å². The SMILES string of the molecule is CC[NH+](CC(=O)Nc1ccc(OC)cc1)[C@@H](C)C(=O)NC1(C#N)CCCCC1. The molecule has 0 saturated heterocycles. The topological polar surface area (TPSA) is 95.7 Å². The summed E-state index contributed by atoms with van der Waals surface area (Å²) < 4.78 is 5.11. The highest BCUT2D eigenvalue weighted by Gasteiger charge is 2.37. The van der Waals surface area contributed by atoms with E-state index in [4.69, 9.17) is 4.74 Å². The van der Waals surface area contributed by atoms with E-state index in [-0.39, 0.29) is 18.4 Å². The highest BCUT2D eigenvalue weighted by atomic mass is 16.5. The van der Waals surface area contributed by atoms with Crippen LogP contribution in [0, 0.1) is 11.3 Å². The van der Waals surface area contributed by atoms with Crippen molar-refractivity contribution in [1.29, 1.82) is 5.26 Å². The second-order valence-electron chi connectivity index (χ2n) is 7.43. The summed E-state index contributed by atoms with van der Waals surface area (Å²) in [6.45, 7) is 4.56. The summed E-state index contributed by atoms with van der Waals surface area (Å²) in [7, 11) is 1.59. The van der Waals surface area contributed by atoms with Crippen LogP contribution in [0.3, 0.4) is 0 Å². The van der Waals surface area contributed by atoms with Gasteiger partial charge in [-0.15, -0.1) is 0 Å². The molecule has 1 aromatic rings. The molecular weight excluding hydrogens is 356 g/mol. The molecule has 0 heterocycles. The molecule has 1 aliphatic carbocycles. The smallest absolute Gasteiger partial charge is 0.279 e. The van der Waals surface area contributed by atoms with Crippen LogP contribution in [0.4, 0.5) is 5.69 Å². The number of rotatable bonds is 8. The minimum absolute atomic E-state index is 0.158. The largest absolute Gasteiger partial charge is 0.497 e.